The first-order valence-electron chi connectivity index (χ1n) is 8.82. The fourth-order valence-electron chi connectivity index (χ4n) is 3.30. The molecule has 1 saturated heterocycles. The highest BCUT2D eigenvalue weighted by Crippen LogP contribution is 2.28. The molecule has 3 aromatic heterocycles. The van der Waals surface area contributed by atoms with Gasteiger partial charge in [0.05, 0.1) is 5.69 Å². The van der Waals surface area contributed by atoms with Crippen LogP contribution in [-0.2, 0) is 6.54 Å². The summed E-state index contributed by atoms with van der Waals surface area (Å²) in [6.45, 7) is 6.98. The number of pyridine rings is 1. The lowest BCUT2D eigenvalue weighted by atomic mass is 10.1. The van der Waals surface area contributed by atoms with Crippen molar-refractivity contribution < 1.29 is 0 Å². The van der Waals surface area contributed by atoms with E-state index in [-0.39, 0.29) is 0 Å². The van der Waals surface area contributed by atoms with E-state index in [1.54, 1.807) is 11.3 Å². The quantitative estimate of drug-likeness (QED) is 0.743. The zero-order valence-corrected chi connectivity index (χ0v) is 15.8. The smallest absolute Gasteiger partial charge is 0.188 e. The summed E-state index contributed by atoms with van der Waals surface area (Å²) in [7, 11) is 0. The van der Waals surface area contributed by atoms with E-state index in [1.807, 2.05) is 43.8 Å². The third-order valence-electron chi connectivity index (χ3n) is 4.49. The number of aryl methyl sites for hydroxylation is 2. The van der Waals surface area contributed by atoms with Gasteiger partial charge in [-0.15, -0.1) is 11.3 Å². The first kappa shape index (κ1) is 17.1. The Kier molecular flexibility index (Phi) is 4.90. The summed E-state index contributed by atoms with van der Waals surface area (Å²) in [5, 5.41) is 6.22. The topological polar surface area (TPSA) is 66.8 Å². The fourth-order valence-corrected chi connectivity index (χ4v) is 3.99. The Bertz CT molecular complexity index is 879. The highest BCUT2D eigenvalue weighted by atomic mass is 32.1. The molecule has 4 rings (SSSR count). The number of anilines is 2. The molecule has 0 aliphatic carbocycles. The van der Waals surface area contributed by atoms with Gasteiger partial charge < -0.3 is 5.32 Å². The highest BCUT2D eigenvalue weighted by molar-refractivity contribution is 7.13. The number of likely N-dealkylation sites (tertiary alicyclic amines) is 1. The van der Waals surface area contributed by atoms with E-state index in [9.17, 15) is 0 Å². The summed E-state index contributed by atoms with van der Waals surface area (Å²) >= 11 is 1.59. The number of thiazole rings is 1. The molecular formula is C19H22N6S. The number of rotatable bonds is 5. The molecule has 0 radical (unpaired) electrons. The van der Waals surface area contributed by atoms with Crippen molar-refractivity contribution in [2.45, 2.75) is 32.7 Å². The Morgan fingerprint density at radius 1 is 1.23 bits per heavy atom. The molecule has 134 valence electrons. The van der Waals surface area contributed by atoms with E-state index in [1.165, 1.54) is 5.56 Å². The van der Waals surface area contributed by atoms with Gasteiger partial charge in [-0.2, -0.15) is 0 Å². The maximum Gasteiger partial charge on any atom is 0.188 e. The Labute approximate surface area is 157 Å². The van der Waals surface area contributed by atoms with Crippen LogP contribution in [0.25, 0.3) is 0 Å². The minimum atomic E-state index is 0.366. The van der Waals surface area contributed by atoms with Crippen LogP contribution < -0.4 is 5.32 Å². The summed E-state index contributed by atoms with van der Waals surface area (Å²) < 4.78 is 0. The van der Waals surface area contributed by atoms with Gasteiger partial charge in [0.15, 0.2) is 5.13 Å². The van der Waals surface area contributed by atoms with E-state index in [2.05, 4.69) is 26.3 Å². The van der Waals surface area contributed by atoms with Gasteiger partial charge in [-0.1, -0.05) is 6.07 Å². The Balaban J connectivity index is 1.46. The third kappa shape index (κ3) is 4.05. The minimum Gasteiger partial charge on any atom is -0.316 e. The summed E-state index contributed by atoms with van der Waals surface area (Å²) in [5.41, 5.74) is 3.25. The largest absolute Gasteiger partial charge is 0.316 e. The molecule has 0 bridgehead atoms. The molecule has 4 heterocycles. The number of nitrogens with one attached hydrogen (secondary N) is 1. The van der Waals surface area contributed by atoms with Gasteiger partial charge in [0, 0.05) is 48.5 Å². The number of aromatic nitrogens is 4. The molecule has 1 N–H and O–H groups in total. The van der Waals surface area contributed by atoms with Gasteiger partial charge >= 0.3 is 0 Å². The molecule has 0 amide bonds. The molecule has 26 heavy (non-hydrogen) atoms. The second-order valence-corrected chi connectivity index (χ2v) is 7.61. The number of hydrogen-bond donors (Lipinski definition) is 1. The second-order valence-electron chi connectivity index (χ2n) is 6.75. The van der Waals surface area contributed by atoms with Crippen molar-refractivity contribution in [2.24, 2.45) is 0 Å². The predicted molar refractivity (Wildman–Crippen MR) is 104 cm³/mol. The van der Waals surface area contributed by atoms with Crippen LogP contribution in [0.15, 0.2) is 36.0 Å². The van der Waals surface area contributed by atoms with E-state index in [0.717, 1.165) is 54.2 Å². The lowest BCUT2D eigenvalue weighted by Gasteiger charge is -2.16. The van der Waals surface area contributed by atoms with Crippen LogP contribution in [0, 0.1) is 13.8 Å². The van der Waals surface area contributed by atoms with Crippen molar-refractivity contribution in [3.8, 4) is 0 Å². The third-order valence-corrected chi connectivity index (χ3v) is 5.37. The standard InChI is InChI=1S/C19H22N6S/c1-13-8-17(24-19-22-14(2)12-26-19)23-18(21-13)16-5-7-25(11-16)10-15-4-3-6-20-9-15/h3-4,6,8-9,12,16H,5,7,10-11H2,1-2H3,(H,21,22,23,24). The fraction of sp³-hybridized carbons (Fsp3) is 0.368. The van der Waals surface area contributed by atoms with Crippen LogP contribution in [0.4, 0.5) is 10.9 Å². The van der Waals surface area contributed by atoms with E-state index in [4.69, 9.17) is 9.97 Å². The molecule has 1 aliphatic rings. The van der Waals surface area contributed by atoms with Crippen molar-refractivity contribution in [1.29, 1.82) is 0 Å². The van der Waals surface area contributed by atoms with Crippen LogP contribution in [-0.4, -0.2) is 37.9 Å². The zero-order valence-electron chi connectivity index (χ0n) is 15.0. The van der Waals surface area contributed by atoms with Crippen molar-refractivity contribution in [2.75, 3.05) is 18.4 Å². The number of nitrogens with zero attached hydrogens (tertiary/aromatic N) is 5. The first-order valence-corrected chi connectivity index (χ1v) is 9.69. The molecule has 0 saturated carbocycles. The minimum absolute atomic E-state index is 0.366. The molecule has 1 aliphatic heterocycles. The van der Waals surface area contributed by atoms with Gasteiger partial charge in [0.1, 0.15) is 11.6 Å². The normalized spacial score (nSPS) is 17.5. The first-order chi connectivity index (χ1) is 12.7. The van der Waals surface area contributed by atoms with Gasteiger partial charge in [-0.3, -0.25) is 9.88 Å². The summed E-state index contributed by atoms with van der Waals surface area (Å²) in [6.07, 6.45) is 4.84. The second kappa shape index (κ2) is 7.47. The Morgan fingerprint density at radius 2 is 2.15 bits per heavy atom. The molecule has 1 unspecified atom stereocenters. The van der Waals surface area contributed by atoms with Gasteiger partial charge in [0.25, 0.3) is 0 Å². The lowest BCUT2D eigenvalue weighted by molar-refractivity contribution is 0.325. The molecule has 1 fully saturated rings. The van der Waals surface area contributed by atoms with Gasteiger partial charge in [-0.25, -0.2) is 15.0 Å². The summed E-state index contributed by atoms with van der Waals surface area (Å²) in [6, 6.07) is 6.09. The van der Waals surface area contributed by atoms with Crippen LogP contribution >= 0.6 is 11.3 Å². The Hall–Kier alpha value is -2.38. The molecule has 7 heteroatoms. The van der Waals surface area contributed by atoms with E-state index < -0.39 is 0 Å². The maximum atomic E-state index is 4.77. The molecule has 0 aromatic carbocycles. The summed E-state index contributed by atoms with van der Waals surface area (Å²) in [5.74, 6) is 2.12. The van der Waals surface area contributed by atoms with Crippen LogP contribution in [0.1, 0.15) is 35.1 Å². The van der Waals surface area contributed by atoms with Crippen LogP contribution in [0.3, 0.4) is 0 Å². The average molecular weight is 366 g/mol. The van der Waals surface area contributed by atoms with Gasteiger partial charge in [0.2, 0.25) is 0 Å². The highest BCUT2D eigenvalue weighted by Gasteiger charge is 2.26. The Morgan fingerprint density at radius 3 is 2.92 bits per heavy atom. The molecule has 1 atom stereocenters. The summed E-state index contributed by atoms with van der Waals surface area (Å²) in [4.78, 5) is 20.6. The zero-order chi connectivity index (χ0) is 17.9. The van der Waals surface area contributed by atoms with Crippen LogP contribution in [0.2, 0.25) is 0 Å². The van der Waals surface area contributed by atoms with Crippen LogP contribution in [0.5, 0.6) is 0 Å². The molecule has 6 nitrogen and oxygen atoms in total. The monoisotopic (exact) mass is 366 g/mol. The SMILES string of the molecule is Cc1cc(Nc2nc(C)cs2)nc(C2CCN(Cc3cccnc3)C2)n1. The van der Waals surface area contributed by atoms with Crippen molar-refractivity contribution in [1.82, 2.24) is 24.8 Å². The van der Waals surface area contributed by atoms with Crippen molar-refractivity contribution in [3.63, 3.8) is 0 Å². The van der Waals surface area contributed by atoms with Crippen molar-refractivity contribution >= 4 is 22.3 Å². The maximum absolute atomic E-state index is 4.77. The van der Waals surface area contributed by atoms with Gasteiger partial charge in [-0.05, 0) is 38.4 Å². The predicted octanol–water partition coefficient (Wildman–Crippen LogP) is 3.68. The molecule has 0 spiro atoms. The molecule has 3 aromatic rings. The molecular weight excluding hydrogens is 344 g/mol. The van der Waals surface area contributed by atoms with Crippen molar-refractivity contribution in [3.05, 3.63) is 58.7 Å². The van der Waals surface area contributed by atoms with E-state index in [0.29, 0.717) is 5.92 Å². The number of hydrogen-bond acceptors (Lipinski definition) is 7. The lowest BCUT2D eigenvalue weighted by Crippen LogP contribution is -2.20. The average Bonchev–Trinajstić information content (AvgIpc) is 3.24. The van der Waals surface area contributed by atoms with E-state index >= 15 is 0 Å².